The molecule has 0 aliphatic carbocycles. The first kappa shape index (κ1) is 21.1. The van der Waals surface area contributed by atoms with Crippen LogP contribution >= 0.6 is 15.9 Å². The Hall–Kier alpha value is -3.10. The van der Waals surface area contributed by atoms with Gasteiger partial charge in [-0.25, -0.2) is 8.42 Å². The van der Waals surface area contributed by atoms with Gasteiger partial charge >= 0.3 is 0 Å². The highest BCUT2D eigenvalue weighted by Crippen LogP contribution is 2.34. The zero-order valence-corrected chi connectivity index (χ0v) is 19.0. The molecule has 0 radical (unpaired) electrons. The topological polar surface area (TPSA) is 81.4 Å². The molecule has 1 N–H and O–H groups in total. The standard InChI is InChI=1S/C23H19BrN2O4S/c1-2-29-19-14-12-18(13-15-19)25-22-23(31(27,28)20-6-4-3-5-7-20)26-21(30-22)16-8-10-17(24)11-9-16/h3-15,25H,2H2,1H3. The Morgan fingerprint density at radius 3 is 2.29 bits per heavy atom. The number of hydrogen-bond acceptors (Lipinski definition) is 6. The van der Waals surface area contributed by atoms with Gasteiger partial charge in [0.25, 0.3) is 0 Å². The number of ether oxygens (including phenoxy) is 1. The van der Waals surface area contributed by atoms with Crippen molar-refractivity contribution >= 4 is 37.3 Å². The minimum absolute atomic E-state index is 0.0472. The van der Waals surface area contributed by atoms with Gasteiger partial charge in [-0.1, -0.05) is 34.1 Å². The van der Waals surface area contributed by atoms with E-state index in [1.54, 1.807) is 54.6 Å². The minimum atomic E-state index is -3.90. The van der Waals surface area contributed by atoms with Crippen molar-refractivity contribution in [3.63, 3.8) is 0 Å². The average Bonchev–Trinajstić information content (AvgIpc) is 3.21. The Morgan fingerprint density at radius 1 is 0.968 bits per heavy atom. The van der Waals surface area contributed by atoms with Gasteiger partial charge in [0.05, 0.1) is 11.5 Å². The smallest absolute Gasteiger partial charge is 0.238 e. The molecule has 3 aromatic carbocycles. The normalized spacial score (nSPS) is 11.3. The molecule has 0 saturated heterocycles. The Balaban J connectivity index is 1.77. The van der Waals surface area contributed by atoms with Crippen molar-refractivity contribution in [1.82, 2.24) is 4.98 Å². The molecule has 0 aliphatic rings. The van der Waals surface area contributed by atoms with Crippen molar-refractivity contribution in [3.8, 4) is 17.2 Å². The number of oxazole rings is 1. The molecule has 31 heavy (non-hydrogen) atoms. The van der Waals surface area contributed by atoms with E-state index in [1.165, 1.54) is 12.1 Å². The maximum atomic E-state index is 13.3. The van der Waals surface area contributed by atoms with E-state index in [9.17, 15) is 8.42 Å². The van der Waals surface area contributed by atoms with Crippen molar-refractivity contribution < 1.29 is 17.6 Å². The predicted molar refractivity (Wildman–Crippen MR) is 122 cm³/mol. The zero-order chi connectivity index (χ0) is 21.8. The molecule has 4 rings (SSSR count). The lowest BCUT2D eigenvalue weighted by Crippen LogP contribution is -2.05. The highest BCUT2D eigenvalue weighted by molar-refractivity contribution is 9.10. The van der Waals surface area contributed by atoms with E-state index in [0.29, 0.717) is 17.9 Å². The van der Waals surface area contributed by atoms with Gasteiger partial charge in [-0.2, -0.15) is 4.98 Å². The number of hydrogen-bond donors (Lipinski definition) is 1. The molecule has 0 spiro atoms. The number of aromatic nitrogens is 1. The van der Waals surface area contributed by atoms with Crippen molar-refractivity contribution in [1.29, 1.82) is 0 Å². The Kier molecular flexibility index (Phi) is 6.11. The number of nitrogens with zero attached hydrogens (tertiary/aromatic N) is 1. The number of benzene rings is 3. The van der Waals surface area contributed by atoms with E-state index in [-0.39, 0.29) is 21.7 Å². The van der Waals surface area contributed by atoms with Gasteiger partial charge in [0, 0.05) is 15.7 Å². The molecule has 1 aromatic heterocycles. The van der Waals surface area contributed by atoms with Crippen LogP contribution in [0.15, 0.2) is 97.7 Å². The van der Waals surface area contributed by atoms with Gasteiger partial charge in [-0.15, -0.1) is 0 Å². The SMILES string of the molecule is CCOc1ccc(Nc2oc(-c3ccc(Br)cc3)nc2S(=O)(=O)c2ccccc2)cc1. The van der Waals surface area contributed by atoms with E-state index < -0.39 is 9.84 Å². The monoisotopic (exact) mass is 498 g/mol. The Labute approximate surface area is 189 Å². The second kappa shape index (κ2) is 8.95. The highest BCUT2D eigenvalue weighted by Gasteiger charge is 2.28. The molecule has 0 bridgehead atoms. The summed E-state index contributed by atoms with van der Waals surface area (Å²) in [7, 11) is -3.90. The molecule has 8 heteroatoms. The van der Waals surface area contributed by atoms with Crippen LogP contribution in [-0.4, -0.2) is 20.0 Å². The van der Waals surface area contributed by atoms with Crippen LogP contribution in [0.1, 0.15) is 6.92 Å². The molecule has 0 aliphatic heterocycles. The van der Waals surface area contributed by atoms with Gasteiger partial charge in [0.15, 0.2) is 0 Å². The summed E-state index contributed by atoms with van der Waals surface area (Å²) in [5.41, 5.74) is 1.30. The summed E-state index contributed by atoms with van der Waals surface area (Å²) in [6.45, 7) is 2.47. The van der Waals surface area contributed by atoms with Gasteiger partial charge in [0.1, 0.15) is 5.75 Å². The quantitative estimate of drug-likeness (QED) is 0.332. The first-order valence-corrected chi connectivity index (χ1v) is 11.8. The van der Waals surface area contributed by atoms with E-state index in [2.05, 4.69) is 26.2 Å². The third-order valence-corrected chi connectivity index (χ3v) is 6.63. The fourth-order valence-corrected chi connectivity index (χ4v) is 4.47. The fourth-order valence-electron chi connectivity index (χ4n) is 2.93. The summed E-state index contributed by atoms with van der Waals surface area (Å²) < 4.78 is 38.8. The molecule has 0 fully saturated rings. The summed E-state index contributed by atoms with van der Waals surface area (Å²) in [4.78, 5) is 4.48. The summed E-state index contributed by atoms with van der Waals surface area (Å²) in [6.07, 6.45) is 0. The lowest BCUT2D eigenvalue weighted by Gasteiger charge is -2.07. The molecule has 0 atom stereocenters. The number of sulfone groups is 1. The summed E-state index contributed by atoms with van der Waals surface area (Å²) in [5, 5.41) is 2.87. The molecular formula is C23H19BrN2O4S. The lowest BCUT2D eigenvalue weighted by atomic mass is 10.2. The van der Waals surface area contributed by atoms with Gasteiger partial charge in [-0.05, 0) is 67.6 Å². The molecule has 0 unspecified atom stereocenters. The predicted octanol–water partition coefficient (Wildman–Crippen LogP) is 6.08. The third-order valence-electron chi connectivity index (χ3n) is 4.42. The summed E-state index contributed by atoms with van der Waals surface area (Å²) in [5.74, 6) is 0.972. The van der Waals surface area contributed by atoms with Gasteiger partial charge < -0.3 is 14.5 Å². The largest absolute Gasteiger partial charge is 0.494 e. The minimum Gasteiger partial charge on any atom is -0.494 e. The van der Waals surface area contributed by atoms with Crippen LogP contribution in [-0.2, 0) is 9.84 Å². The van der Waals surface area contributed by atoms with E-state index in [1.807, 2.05) is 19.1 Å². The second-order valence-electron chi connectivity index (χ2n) is 6.56. The maximum Gasteiger partial charge on any atom is 0.238 e. The van der Waals surface area contributed by atoms with Crippen LogP contribution in [0.4, 0.5) is 11.6 Å². The average molecular weight is 499 g/mol. The Morgan fingerprint density at radius 2 is 1.65 bits per heavy atom. The third kappa shape index (κ3) is 4.65. The van der Waals surface area contributed by atoms with Crippen LogP contribution in [0, 0.1) is 0 Å². The van der Waals surface area contributed by atoms with Gasteiger partial charge in [-0.3, -0.25) is 0 Å². The first-order valence-electron chi connectivity index (χ1n) is 9.54. The van der Waals surface area contributed by atoms with E-state index in [0.717, 1.165) is 10.2 Å². The van der Waals surface area contributed by atoms with Crippen LogP contribution in [0.25, 0.3) is 11.5 Å². The fraction of sp³-hybridized carbons (Fsp3) is 0.0870. The number of rotatable bonds is 7. The summed E-state index contributed by atoms with van der Waals surface area (Å²) >= 11 is 3.39. The molecule has 4 aromatic rings. The molecule has 158 valence electrons. The lowest BCUT2D eigenvalue weighted by molar-refractivity contribution is 0.340. The number of nitrogens with one attached hydrogen (secondary N) is 1. The van der Waals surface area contributed by atoms with Crippen molar-refractivity contribution in [2.24, 2.45) is 0 Å². The molecule has 6 nitrogen and oxygen atoms in total. The molecule has 0 amide bonds. The first-order chi connectivity index (χ1) is 15.0. The molecular weight excluding hydrogens is 480 g/mol. The molecule has 1 heterocycles. The van der Waals surface area contributed by atoms with Crippen molar-refractivity contribution in [2.45, 2.75) is 16.8 Å². The number of anilines is 2. The van der Waals surface area contributed by atoms with Crippen molar-refractivity contribution in [2.75, 3.05) is 11.9 Å². The highest BCUT2D eigenvalue weighted by atomic mass is 79.9. The van der Waals surface area contributed by atoms with Crippen LogP contribution in [0.3, 0.4) is 0 Å². The number of halogens is 1. The molecule has 0 saturated carbocycles. The van der Waals surface area contributed by atoms with Crippen LogP contribution in [0.5, 0.6) is 5.75 Å². The van der Waals surface area contributed by atoms with E-state index >= 15 is 0 Å². The maximum absolute atomic E-state index is 13.3. The summed E-state index contributed by atoms with van der Waals surface area (Å²) in [6, 6.07) is 22.6. The van der Waals surface area contributed by atoms with Crippen molar-refractivity contribution in [3.05, 3.63) is 83.3 Å². The van der Waals surface area contributed by atoms with E-state index in [4.69, 9.17) is 9.15 Å². The second-order valence-corrected chi connectivity index (χ2v) is 9.34. The zero-order valence-electron chi connectivity index (χ0n) is 16.6. The Bertz CT molecular complexity index is 1270. The van der Waals surface area contributed by atoms with Gasteiger partial charge in [0.2, 0.25) is 26.6 Å². The van der Waals surface area contributed by atoms with Crippen LogP contribution in [0.2, 0.25) is 0 Å². The van der Waals surface area contributed by atoms with Crippen LogP contribution < -0.4 is 10.1 Å².